The largest absolute Gasteiger partial charge is 0.573 e. The molecular formula is C56H47F7N10O8. The van der Waals surface area contributed by atoms with E-state index in [1.807, 2.05) is 26.0 Å². The Kier molecular flexibility index (Phi) is 16.0. The Morgan fingerprint density at radius 2 is 1.04 bits per heavy atom. The van der Waals surface area contributed by atoms with Crippen molar-refractivity contribution in [3.05, 3.63) is 187 Å². The van der Waals surface area contributed by atoms with Crippen molar-refractivity contribution in [2.45, 2.75) is 91.5 Å². The second kappa shape index (κ2) is 23.0. The first-order chi connectivity index (χ1) is 38.5. The fraction of sp³-hybridized carbons (Fsp3) is 0.250. The number of hydrogen-bond acceptors (Lipinski definition) is 12. The number of carbonyl (C=O) groups excluding carboxylic acids is 6. The van der Waals surface area contributed by atoms with Gasteiger partial charge in [-0.2, -0.15) is 19.0 Å². The van der Waals surface area contributed by atoms with Gasteiger partial charge in [-0.25, -0.2) is 27.8 Å². The average Bonchev–Trinajstić information content (AvgIpc) is 4.48. The van der Waals surface area contributed by atoms with Crippen molar-refractivity contribution in [3.63, 3.8) is 0 Å². The van der Waals surface area contributed by atoms with Crippen molar-refractivity contribution >= 4 is 46.5 Å². The molecule has 8 aromatic rings. The maximum atomic E-state index is 13.7. The zero-order valence-corrected chi connectivity index (χ0v) is 43.3. The number of hydrogen-bond donors (Lipinski definition) is 4. The molecule has 418 valence electrons. The van der Waals surface area contributed by atoms with Crippen LogP contribution in [0.5, 0.6) is 11.5 Å². The molecule has 0 radical (unpaired) electrons. The monoisotopic (exact) mass is 1120 g/mol. The highest BCUT2D eigenvalue weighted by Gasteiger charge is 2.33. The van der Waals surface area contributed by atoms with Gasteiger partial charge in [0.2, 0.25) is 0 Å². The molecule has 2 aliphatic carbocycles. The van der Waals surface area contributed by atoms with Gasteiger partial charge >= 0.3 is 13.0 Å². The number of ether oxygens (including phenoxy) is 2. The van der Waals surface area contributed by atoms with Crippen LogP contribution in [0.4, 0.5) is 30.7 Å². The molecule has 0 fully saturated rings. The van der Waals surface area contributed by atoms with Crippen LogP contribution in [-0.2, 0) is 25.9 Å². The summed E-state index contributed by atoms with van der Waals surface area (Å²) in [6.07, 6.45) is 0.456. The number of Topliss-reactive ketones (excluding diaryl/α,β-unsaturated/α-hetero) is 2. The maximum absolute atomic E-state index is 13.7. The molecule has 0 unspecified atom stereocenters. The van der Waals surface area contributed by atoms with Crippen molar-refractivity contribution in [1.82, 2.24) is 50.5 Å². The Bertz CT molecular complexity index is 3840. The molecule has 0 saturated carbocycles. The lowest BCUT2D eigenvalue weighted by molar-refractivity contribution is -0.275. The summed E-state index contributed by atoms with van der Waals surface area (Å²) in [5.74, 6) is -6.21. The summed E-state index contributed by atoms with van der Waals surface area (Å²) in [5, 5.41) is 19.4. The van der Waals surface area contributed by atoms with E-state index in [9.17, 15) is 59.5 Å². The Morgan fingerprint density at radius 1 is 0.605 bits per heavy atom. The van der Waals surface area contributed by atoms with Crippen LogP contribution in [0.25, 0.3) is 11.3 Å². The molecule has 4 N–H and O–H groups in total. The van der Waals surface area contributed by atoms with Crippen LogP contribution in [0.2, 0.25) is 0 Å². The lowest BCUT2D eigenvalue weighted by Gasteiger charge is -2.16. The summed E-state index contributed by atoms with van der Waals surface area (Å²) in [4.78, 5) is 85.0. The molecule has 0 aliphatic heterocycles. The minimum Gasteiger partial charge on any atom is -0.432 e. The van der Waals surface area contributed by atoms with Gasteiger partial charge < -0.3 is 30.7 Å². The lowest BCUT2D eigenvalue weighted by Crippen LogP contribution is -2.30. The smallest absolute Gasteiger partial charge is 0.432 e. The molecule has 81 heavy (non-hydrogen) atoms. The number of carbonyl (C=O) groups is 6. The van der Waals surface area contributed by atoms with Crippen LogP contribution in [0, 0.1) is 25.5 Å². The molecule has 18 nitrogen and oxygen atoms in total. The molecule has 4 heterocycles. The van der Waals surface area contributed by atoms with Crippen LogP contribution in [-0.4, -0.2) is 77.4 Å². The molecule has 0 bridgehead atoms. The van der Waals surface area contributed by atoms with Crippen LogP contribution in [0.15, 0.2) is 97.3 Å². The van der Waals surface area contributed by atoms with Crippen LogP contribution >= 0.6 is 0 Å². The fourth-order valence-electron chi connectivity index (χ4n) is 9.92. The number of nitrogens with zero attached hydrogens (tertiary/aromatic N) is 6. The Labute approximate surface area is 455 Å². The molecule has 0 saturated heterocycles. The summed E-state index contributed by atoms with van der Waals surface area (Å²) in [7, 11) is 0. The van der Waals surface area contributed by atoms with Gasteiger partial charge in [0.05, 0.1) is 24.5 Å². The van der Waals surface area contributed by atoms with Crippen molar-refractivity contribution in [1.29, 1.82) is 0 Å². The maximum Gasteiger partial charge on any atom is 0.573 e. The van der Waals surface area contributed by atoms with Gasteiger partial charge in [0.15, 0.2) is 46.0 Å². The summed E-state index contributed by atoms with van der Waals surface area (Å²) >= 11 is 0. The Morgan fingerprint density at radius 3 is 1.46 bits per heavy atom. The zero-order valence-electron chi connectivity index (χ0n) is 43.3. The van der Waals surface area contributed by atoms with Gasteiger partial charge in [0, 0.05) is 48.5 Å². The Balaban J connectivity index is 0.000000196. The second-order valence-electron chi connectivity index (χ2n) is 18.9. The summed E-state index contributed by atoms with van der Waals surface area (Å²) in [6, 6.07) is 18.4. The molecule has 2 aliphatic rings. The number of nitrogens with one attached hydrogen (secondary N) is 4. The molecular weight excluding hydrogens is 1070 g/mol. The van der Waals surface area contributed by atoms with Gasteiger partial charge in [0.25, 0.3) is 23.6 Å². The van der Waals surface area contributed by atoms with Gasteiger partial charge in [0.1, 0.15) is 22.8 Å². The lowest BCUT2D eigenvalue weighted by atomic mass is 9.96. The number of halogens is 7. The number of fused-ring (bicyclic) bond motifs is 4. The van der Waals surface area contributed by atoms with E-state index < -0.39 is 59.7 Å². The van der Waals surface area contributed by atoms with E-state index in [-0.39, 0.29) is 76.4 Å². The third-order valence-electron chi connectivity index (χ3n) is 13.7. The van der Waals surface area contributed by atoms with E-state index in [1.165, 1.54) is 65.6 Å². The van der Waals surface area contributed by atoms with Gasteiger partial charge in [-0.05, 0) is 122 Å². The molecule has 4 aromatic heterocycles. The number of alkyl halides is 5. The molecule has 0 spiro atoms. The van der Waals surface area contributed by atoms with Gasteiger partial charge in [-0.1, -0.05) is 36.4 Å². The first kappa shape index (κ1) is 56.2. The molecule has 2 atom stereocenters. The zero-order chi connectivity index (χ0) is 58.0. The van der Waals surface area contributed by atoms with Gasteiger partial charge in [-0.15, -0.1) is 13.2 Å². The first-order valence-corrected chi connectivity index (χ1v) is 24.9. The predicted molar refractivity (Wildman–Crippen MR) is 274 cm³/mol. The highest BCUT2D eigenvalue weighted by molar-refractivity contribution is 6.00. The van der Waals surface area contributed by atoms with E-state index in [4.69, 9.17) is 0 Å². The SMILES string of the molecule is CC(=O)c1ccc2c(c1C)CC[C@@H]2NC(=O)c1cc(C(=O)NCc2ccc(F)c(OC(F)(F)F)c2)nc2ccnn12.CC(=O)c1ccc2c(c1C)CC[C@@H]2NC(=O)c1cc(C(=O)NCc2ccc(F)c(OC(F)F)c2)nc2ccnn12. The summed E-state index contributed by atoms with van der Waals surface area (Å²) in [6.45, 7) is 3.23. The third-order valence-corrected chi connectivity index (χ3v) is 13.7. The summed E-state index contributed by atoms with van der Waals surface area (Å²) in [5.41, 5.74) is 7.88. The number of ketones is 2. The van der Waals surface area contributed by atoms with E-state index in [0.29, 0.717) is 42.4 Å². The summed E-state index contributed by atoms with van der Waals surface area (Å²) < 4.78 is 101. The number of aromatic nitrogens is 6. The van der Waals surface area contributed by atoms with Crippen LogP contribution in [0.3, 0.4) is 0 Å². The minimum atomic E-state index is -5.08. The highest BCUT2D eigenvalue weighted by atomic mass is 19.4. The van der Waals surface area contributed by atoms with Crippen LogP contribution < -0.4 is 30.7 Å². The van der Waals surface area contributed by atoms with Crippen molar-refractivity contribution < 1.29 is 69.0 Å². The first-order valence-electron chi connectivity index (χ1n) is 24.9. The quantitative estimate of drug-likeness (QED) is 0.0557. The minimum absolute atomic E-state index is 0.0159. The van der Waals surface area contributed by atoms with Gasteiger partial charge in [-0.3, -0.25) is 28.8 Å². The van der Waals surface area contributed by atoms with Crippen molar-refractivity contribution in [2.75, 3.05) is 0 Å². The topological polar surface area (TPSA) is 229 Å². The molecule has 4 amide bonds. The van der Waals surface area contributed by atoms with E-state index in [0.717, 1.165) is 57.6 Å². The van der Waals surface area contributed by atoms with E-state index in [1.54, 1.807) is 18.2 Å². The number of benzene rings is 4. The highest BCUT2D eigenvalue weighted by Crippen LogP contribution is 2.37. The van der Waals surface area contributed by atoms with Crippen molar-refractivity contribution in [2.24, 2.45) is 0 Å². The Hall–Kier alpha value is -9.55. The molecule has 25 heteroatoms. The number of rotatable bonds is 15. The van der Waals surface area contributed by atoms with Crippen molar-refractivity contribution in [3.8, 4) is 11.5 Å². The second-order valence-corrected chi connectivity index (χ2v) is 18.9. The standard InChI is InChI=1S/C28H23F4N5O4.C28H24F3N5O4/c1-14-17(15(2)38)4-5-19-18(14)6-8-21(19)36-27(40)23-12-22(35-25-9-10-34-37(23)25)26(39)33-13-16-3-7-20(29)24(11-16)41-28(30,31)32;1-14-17(15(2)37)4-5-19-18(14)6-8-21(19)35-27(39)23-12-22(34-25-9-10-33-36(23)25)26(38)32-13-16-3-7-20(29)24(11-16)40-28(30)31/h3-5,7,9-12,21H,6,8,13H2,1-2H3,(H,33,39)(H,36,40);3-5,7,9-12,21,28H,6,8,13H2,1-2H3,(H,32,38)(H,35,39)/t2*21-/m00/s1. The third kappa shape index (κ3) is 12.4. The molecule has 4 aromatic carbocycles. The number of amides is 4. The average molecular weight is 1120 g/mol. The normalized spacial score (nSPS) is 14.4. The van der Waals surface area contributed by atoms with Crippen LogP contribution in [0.1, 0.15) is 146 Å². The fourth-order valence-corrected chi connectivity index (χ4v) is 9.92. The molecule has 10 rings (SSSR count). The predicted octanol–water partition coefficient (Wildman–Crippen LogP) is 8.95. The van der Waals surface area contributed by atoms with E-state index >= 15 is 0 Å². The van der Waals surface area contributed by atoms with E-state index in [2.05, 4.69) is 50.9 Å².